The van der Waals surface area contributed by atoms with Crippen LogP contribution in [0.15, 0.2) is 82.9 Å². The third kappa shape index (κ3) is 2.93. The van der Waals surface area contributed by atoms with E-state index in [4.69, 9.17) is 5.14 Å². The van der Waals surface area contributed by atoms with Crippen molar-refractivity contribution < 1.29 is 12.8 Å². The van der Waals surface area contributed by atoms with Crippen molar-refractivity contribution in [2.75, 3.05) is 4.90 Å². The zero-order valence-electron chi connectivity index (χ0n) is 13.4. The van der Waals surface area contributed by atoms with Gasteiger partial charge in [0.25, 0.3) is 0 Å². The molecule has 132 valence electrons. The quantitative estimate of drug-likeness (QED) is 0.859. The first-order valence-corrected chi connectivity index (χ1v) is 9.17. The van der Waals surface area contributed by atoms with E-state index in [9.17, 15) is 12.8 Å². The number of sulfonamides is 1. The number of nitrogens with two attached hydrogens (primary N) is 1. The van der Waals surface area contributed by atoms with E-state index in [0.29, 0.717) is 22.9 Å². The van der Waals surface area contributed by atoms with Crippen LogP contribution in [-0.2, 0) is 10.0 Å². The van der Waals surface area contributed by atoms with Crippen LogP contribution in [0.25, 0.3) is 0 Å². The monoisotopic (exact) mass is 371 g/mol. The van der Waals surface area contributed by atoms with Crippen LogP contribution < -0.4 is 15.4 Å². The molecule has 4 rings (SSSR count). The molecule has 0 fully saturated rings. The van der Waals surface area contributed by atoms with Gasteiger partial charge in [-0.25, -0.2) is 23.0 Å². The largest absolute Gasteiger partial charge is 0.344 e. The second-order valence-electron chi connectivity index (χ2n) is 5.66. The number of nitrogens with zero attached hydrogens (tertiary/aromatic N) is 3. The van der Waals surface area contributed by atoms with E-state index < -0.39 is 10.0 Å². The van der Waals surface area contributed by atoms with Gasteiger partial charge in [0.05, 0.1) is 11.1 Å². The van der Waals surface area contributed by atoms with Crippen LogP contribution in [0.5, 0.6) is 0 Å². The standard InChI is InChI=1S/C17H14FN5O2S/c18-13-3-1-2-12(10-13)17-21-23-9-8-20-16(23)11-22(17)14-4-6-15(7-5-14)26(19,24)25/h1-11,20H,(H2,19,24,25). The van der Waals surface area contributed by atoms with Gasteiger partial charge in [0.1, 0.15) is 11.6 Å². The molecule has 0 aromatic heterocycles. The summed E-state index contributed by atoms with van der Waals surface area (Å²) in [6.45, 7) is 0. The minimum absolute atomic E-state index is 0.0115. The molecular formula is C17H14FN5O2S. The highest BCUT2D eigenvalue weighted by molar-refractivity contribution is 7.89. The van der Waals surface area contributed by atoms with E-state index >= 15 is 0 Å². The SMILES string of the molecule is NS(=O)(=O)c1ccc(N2C=C3NC=CN3N=C2c2cccc(F)c2)cc1. The van der Waals surface area contributed by atoms with Crippen LogP contribution in [0.4, 0.5) is 10.1 Å². The smallest absolute Gasteiger partial charge is 0.238 e. The molecular weight excluding hydrogens is 357 g/mol. The van der Waals surface area contributed by atoms with E-state index in [2.05, 4.69) is 10.4 Å². The summed E-state index contributed by atoms with van der Waals surface area (Å²) in [7, 11) is -3.78. The Morgan fingerprint density at radius 3 is 2.58 bits per heavy atom. The fraction of sp³-hybridized carbons (Fsp3) is 0. The highest BCUT2D eigenvalue weighted by atomic mass is 32.2. The van der Waals surface area contributed by atoms with Gasteiger partial charge in [-0.2, -0.15) is 0 Å². The Hall–Kier alpha value is -3.17. The summed E-state index contributed by atoms with van der Waals surface area (Å²) in [6, 6.07) is 12.2. The summed E-state index contributed by atoms with van der Waals surface area (Å²) in [6.07, 6.45) is 5.26. The van der Waals surface area contributed by atoms with Gasteiger partial charge < -0.3 is 5.32 Å². The maximum Gasteiger partial charge on any atom is 0.238 e. The third-order valence-corrected chi connectivity index (χ3v) is 4.83. The van der Waals surface area contributed by atoms with Gasteiger partial charge in [-0.1, -0.05) is 12.1 Å². The van der Waals surface area contributed by atoms with Crippen LogP contribution in [0.2, 0.25) is 0 Å². The van der Waals surface area contributed by atoms with Gasteiger partial charge >= 0.3 is 0 Å². The van der Waals surface area contributed by atoms with Crippen molar-refractivity contribution in [2.24, 2.45) is 10.2 Å². The molecule has 0 amide bonds. The molecule has 0 atom stereocenters. The van der Waals surface area contributed by atoms with Gasteiger partial charge in [0, 0.05) is 23.7 Å². The Kier molecular flexibility index (Phi) is 3.74. The number of rotatable bonds is 3. The Balaban J connectivity index is 1.79. The molecule has 0 aliphatic carbocycles. The molecule has 0 unspecified atom stereocenters. The van der Waals surface area contributed by atoms with Crippen molar-refractivity contribution in [3.8, 4) is 0 Å². The maximum absolute atomic E-state index is 13.7. The summed E-state index contributed by atoms with van der Waals surface area (Å²) >= 11 is 0. The van der Waals surface area contributed by atoms with Gasteiger partial charge in [-0.3, -0.25) is 4.90 Å². The summed E-state index contributed by atoms with van der Waals surface area (Å²) in [4.78, 5) is 1.76. The molecule has 2 aliphatic rings. The number of fused-ring (bicyclic) bond motifs is 1. The first-order valence-electron chi connectivity index (χ1n) is 7.63. The number of anilines is 1. The fourth-order valence-electron chi connectivity index (χ4n) is 2.67. The van der Waals surface area contributed by atoms with E-state index in [-0.39, 0.29) is 10.7 Å². The number of nitrogens with one attached hydrogen (secondary N) is 1. The average molecular weight is 371 g/mol. The third-order valence-electron chi connectivity index (χ3n) is 3.90. The van der Waals surface area contributed by atoms with E-state index in [1.165, 1.54) is 24.3 Å². The average Bonchev–Trinajstić information content (AvgIpc) is 3.07. The molecule has 0 saturated carbocycles. The molecule has 2 aliphatic heterocycles. The van der Waals surface area contributed by atoms with Gasteiger partial charge in [-0.05, 0) is 36.4 Å². The van der Waals surface area contributed by atoms with Crippen molar-refractivity contribution in [1.82, 2.24) is 10.3 Å². The molecule has 2 aromatic carbocycles. The molecule has 0 radical (unpaired) electrons. The number of benzene rings is 2. The number of hydrogen-bond donors (Lipinski definition) is 2. The number of hydrogen-bond acceptors (Lipinski definition) is 6. The van der Waals surface area contributed by atoms with E-state index in [0.717, 1.165) is 0 Å². The van der Waals surface area contributed by atoms with Crippen molar-refractivity contribution in [3.63, 3.8) is 0 Å². The first-order chi connectivity index (χ1) is 12.4. The van der Waals surface area contributed by atoms with Crippen LogP contribution in [0, 0.1) is 5.82 Å². The van der Waals surface area contributed by atoms with E-state index in [1.807, 2.05) is 0 Å². The molecule has 0 spiro atoms. The molecule has 7 nitrogen and oxygen atoms in total. The summed E-state index contributed by atoms with van der Waals surface area (Å²) in [5, 5.41) is 14.4. The molecule has 2 heterocycles. The number of halogens is 1. The number of hydrazone groups is 1. The highest BCUT2D eigenvalue weighted by Gasteiger charge is 2.25. The molecule has 2 aromatic rings. The van der Waals surface area contributed by atoms with Crippen LogP contribution in [-0.4, -0.2) is 19.3 Å². The first kappa shape index (κ1) is 16.3. The van der Waals surface area contributed by atoms with Crippen molar-refractivity contribution >= 4 is 21.5 Å². The Morgan fingerprint density at radius 2 is 1.88 bits per heavy atom. The van der Waals surface area contributed by atoms with Gasteiger partial charge in [0.15, 0.2) is 5.84 Å². The number of primary sulfonamides is 1. The maximum atomic E-state index is 13.7. The van der Waals surface area contributed by atoms with Crippen molar-refractivity contribution in [2.45, 2.75) is 4.90 Å². The lowest BCUT2D eigenvalue weighted by molar-refractivity contribution is 0.489. The molecule has 26 heavy (non-hydrogen) atoms. The normalized spacial score (nSPS) is 16.1. The zero-order valence-corrected chi connectivity index (χ0v) is 14.2. The predicted molar refractivity (Wildman–Crippen MR) is 95.4 cm³/mol. The molecule has 9 heteroatoms. The fourth-order valence-corrected chi connectivity index (χ4v) is 3.19. The lowest BCUT2D eigenvalue weighted by atomic mass is 10.1. The summed E-state index contributed by atoms with van der Waals surface area (Å²) in [5.74, 6) is 0.824. The molecule has 0 bridgehead atoms. The Morgan fingerprint density at radius 1 is 1.12 bits per heavy atom. The minimum Gasteiger partial charge on any atom is -0.344 e. The number of amidine groups is 1. The minimum atomic E-state index is -3.78. The highest BCUT2D eigenvalue weighted by Crippen LogP contribution is 2.26. The summed E-state index contributed by atoms with van der Waals surface area (Å²) in [5.41, 5.74) is 1.23. The van der Waals surface area contributed by atoms with E-state index in [1.54, 1.807) is 52.8 Å². The molecule has 0 saturated heterocycles. The second-order valence-corrected chi connectivity index (χ2v) is 7.22. The van der Waals surface area contributed by atoms with Crippen molar-refractivity contribution in [3.05, 3.63) is 84.3 Å². The predicted octanol–water partition coefficient (Wildman–Crippen LogP) is 1.83. The Bertz CT molecular complexity index is 1060. The van der Waals surface area contributed by atoms with Crippen LogP contribution in [0.1, 0.15) is 5.56 Å². The van der Waals surface area contributed by atoms with Gasteiger partial charge in [-0.15, -0.1) is 5.10 Å². The zero-order chi connectivity index (χ0) is 18.3. The van der Waals surface area contributed by atoms with Gasteiger partial charge in [0.2, 0.25) is 10.0 Å². The summed E-state index contributed by atoms with van der Waals surface area (Å²) < 4.78 is 36.6. The second kappa shape index (κ2) is 5.97. The molecule has 3 N–H and O–H groups in total. The topological polar surface area (TPSA) is 91.0 Å². The van der Waals surface area contributed by atoms with Crippen LogP contribution in [0.3, 0.4) is 0 Å². The van der Waals surface area contributed by atoms with Crippen molar-refractivity contribution in [1.29, 1.82) is 0 Å². The Labute approximate surface area is 149 Å². The van der Waals surface area contributed by atoms with Crippen LogP contribution >= 0.6 is 0 Å². The lowest BCUT2D eigenvalue weighted by Gasteiger charge is -2.30. The lowest BCUT2D eigenvalue weighted by Crippen LogP contribution is -2.35.